The number of nitrogens with zero attached hydrogens (tertiary/aromatic N) is 1. The molecule has 0 spiro atoms. The molecule has 0 aliphatic heterocycles. The summed E-state index contributed by atoms with van der Waals surface area (Å²) in [5.41, 5.74) is -0.362. The minimum absolute atomic E-state index is 0.387. The third-order valence-electron chi connectivity index (χ3n) is 7.12. The van der Waals surface area contributed by atoms with E-state index in [-0.39, 0.29) is 5.75 Å². The maximum absolute atomic E-state index is 14.2. The summed E-state index contributed by atoms with van der Waals surface area (Å²) in [7, 11) is 0. The van der Waals surface area contributed by atoms with E-state index in [1.165, 1.54) is 0 Å². The Morgan fingerprint density at radius 3 is 2.21 bits per heavy atom. The van der Waals surface area contributed by atoms with Crippen molar-refractivity contribution in [2.24, 2.45) is 10.8 Å². The molecule has 0 N–H and O–H groups in total. The maximum atomic E-state index is 14.2. The highest BCUT2D eigenvalue weighted by molar-refractivity contribution is 7.99. The SMILES string of the molecule is CCCC(C)(C(=O)OCCC(F)(F)OC(F)(F)OC(F)(F)CCSc1ccc2cc(-c3cccnc3)oc2c1)C(C)(C)C. The minimum Gasteiger partial charge on any atom is -0.465 e. The summed E-state index contributed by atoms with van der Waals surface area (Å²) in [5, 5.41) is 0.758. The van der Waals surface area contributed by atoms with E-state index in [4.69, 9.17) is 9.15 Å². The summed E-state index contributed by atoms with van der Waals surface area (Å²) in [6.45, 7) is 7.87. The van der Waals surface area contributed by atoms with E-state index in [0.29, 0.717) is 29.1 Å². The first-order valence-corrected chi connectivity index (χ1v) is 14.6. The Balaban J connectivity index is 1.50. The lowest BCUT2D eigenvalue weighted by Crippen LogP contribution is -2.43. The lowest BCUT2D eigenvalue weighted by Gasteiger charge is -2.39. The summed E-state index contributed by atoms with van der Waals surface area (Å²) in [4.78, 5) is 17.1. The van der Waals surface area contributed by atoms with E-state index in [0.717, 1.165) is 22.7 Å². The Hall–Kier alpha value is -2.77. The molecule has 238 valence electrons. The summed E-state index contributed by atoms with van der Waals surface area (Å²) < 4.78 is 102. The molecular formula is C30H35F6NO5S. The van der Waals surface area contributed by atoms with Crippen LogP contribution in [0.2, 0.25) is 0 Å². The number of aromatic nitrogens is 1. The van der Waals surface area contributed by atoms with Crippen LogP contribution >= 0.6 is 11.8 Å². The average molecular weight is 636 g/mol. The fourth-order valence-corrected chi connectivity index (χ4v) is 5.15. The Kier molecular flexibility index (Phi) is 10.9. The van der Waals surface area contributed by atoms with Crippen LogP contribution in [0.3, 0.4) is 0 Å². The van der Waals surface area contributed by atoms with Gasteiger partial charge in [-0.15, -0.1) is 20.5 Å². The second-order valence-corrected chi connectivity index (χ2v) is 12.5. The standard InChI is InChI=1S/C30H35F6NO5S/c1-6-11-27(5,26(2,3)4)25(38)39-15-12-28(31,32)41-30(35,36)42-29(33,34)13-16-43-22-10-9-20-17-23(40-24(20)18-22)21-8-7-14-37-19-21/h7-10,14,17-19H,6,11-13,15-16H2,1-5H3. The zero-order valence-corrected chi connectivity index (χ0v) is 25.3. The number of esters is 1. The number of ether oxygens (including phenoxy) is 3. The van der Waals surface area contributed by atoms with Gasteiger partial charge in [-0.1, -0.05) is 34.1 Å². The molecule has 0 saturated heterocycles. The molecule has 13 heteroatoms. The average Bonchev–Trinajstić information content (AvgIpc) is 3.30. The number of halogens is 6. The third kappa shape index (κ3) is 9.61. The zero-order valence-electron chi connectivity index (χ0n) is 24.5. The van der Waals surface area contributed by atoms with Crippen molar-refractivity contribution in [2.45, 2.75) is 83.7 Å². The van der Waals surface area contributed by atoms with Crippen LogP contribution in [0.5, 0.6) is 0 Å². The molecule has 3 rings (SSSR count). The van der Waals surface area contributed by atoms with Crippen molar-refractivity contribution in [3.8, 4) is 11.3 Å². The Morgan fingerprint density at radius 2 is 1.60 bits per heavy atom. The number of hydrogen-bond donors (Lipinski definition) is 0. The molecule has 6 nitrogen and oxygen atoms in total. The van der Waals surface area contributed by atoms with Crippen molar-refractivity contribution in [1.82, 2.24) is 4.98 Å². The van der Waals surface area contributed by atoms with E-state index >= 15 is 0 Å². The molecule has 0 radical (unpaired) electrons. The number of carbonyl (C=O) groups is 1. The van der Waals surface area contributed by atoms with Crippen molar-refractivity contribution in [1.29, 1.82) is 0 Å². The normalized spacial score (nSPS) is 14.6. The highest BCUT2D eigenvalue weighted by Gasteiger charge is 2.52. The quantitative estimate of drug-likeness (QED) is 0.0713. The van der Waals surface area contributed by atoms with Crippen LogP contribution in [-0.2, 0) is 19.0 Å². The van der Waals surface area contributed by atoms with Gasteiger partial charge in [0, 0.05) is 40.4 Å². The third-order valence-corrected chi connectivity index (χ3v) is 8.11. The van der Waals surface area contributed by atoms with Crippen molar-refractivity contribution < 1.29 is 49.8 Å². The number of rotatable bonds is 15. The van der Waals surface area contributed by atoms with Crippen LogP contribution in [0, 0.1) is 10.8 Å². The predicted molar refractivity (Wildman–Crippen MR) is 150 cm³/mol. The first kappa shape index (κ1) is 34.7. The van der Waals surface area contributed by atoms with Crippen molar-refractivity contribution in [3.05, 3.63) is 48.8 Å². The molecule has 0 aliphatic carbocycles. The highest BCUT2D eigenvalue weighted by Crippen LogP contribution is 2.44. The van der Waals surface area contributed by atoms with Gasteiger partial charge in [0.15, 0.2) is 0 Å². The number of hydrogen-bond acceptors (Lipinski definition) is 7. The van der Waals surface area contributed by atoms with E-state index < -0.39 is 54.8 Å². The van der Waals surface area contributed by atoms with Crippen molar-refractivity contribution in [3.63, 3.8) is 0 Å². The van der Waals surface area contributed by atoms with Crippen LogP contribution < -0.4 is 0 Å². The molecule has 43 heavy (non-hydrogen) atoms. The number of fused-ring (bicyclic) bond motifs is 1. The maximum Gasteiger partial charge on any atom is 0.494 e. The van der Waals surface area contributed by atoms with E-state index in [9.17, 15) is 31.1 Å². The minimum atomic E-state index is -5.32. The van der Waals surface area contributed by atoms with E-state index in [1.807, 2.05) is 13.0 Å². The lowest BCUT2D eigenvalue weighted by molar-refractivity contribution is -0.514. The van der Waals surface area contributed by atoms with Gasteiger partial charge in [-0.2, -0.15) is 17.6 Å². The molecular weight excluding hydrogens is 600 g/mol. The largest absolute Gasteiger partial charge is 0.494 e. The summed E-state index contributed by atoms with van der Waals surface area (Å²) in [5.74, 6) is -0.603. The molecule has 0 bridgehead atoms. The molecule has 0 amide bonds. The van der Waals surface area contributed by atoms with Crippen molar-refractivity contribution >= 4 is 28.7 Å². The number of furan rings is 1. The molecule has 3 aromatic rings. The Labute approximate surface area is 250 Å². The van der Waals surface area contributed by atoms with Crippen LogP contribution in [0.25, 0.3) is 22.3 Å². The molecule has 0 fully saturated rings. The fraction of sp³-hybridized carbons (Fsp3) is 0.533. The molecule has 1 unspecified atom stereocenters. The van der Waals surface area contributed by atoms with Gasteiger partial charge in [0.2, 0.25) is 0 Å². The highest BCUT2D eigenvalue weighted by atomic mass is 32.2. The number of thioether (sulfide) groups is 1. The number of pyridine rings is 1. The van der Waals surface area contributed by atoms with Gasteiger partial charge >= 0.3 is 24.5 Å². The topological polar surface area (TPSA) is 70.8 Å². The molecule has 2 aromatic heterocycles. The van der Waals surface area contributed by atoms with Crippen LogP contribution in [0.1, 0.15) is 60.3 Å². The first-order valence-electron chi connectivity index (χ1n) is 13.6. The molecule has 0 aliphatic rings. The number of alkyl halides is 6. The predicted octanol–water partition coefficient (Wildman–Crippen LogP) is 9.53. The van der Waals surface area contributed by atoms with E-state index in [1.54, 1.807) is 70.4 Å². The van der Waals surface area contributed by atoms with Crippen LogP contribution in [0.15, 0.2) is 58.1 Å². The number of benzene rings is 1. The summed E-state index contributed by atoms with van der Waals surface area (Å²) in [6, 6.07) is 10.3. The van der Waals surface area contributed by atoms with Gasteiger partial charge in [-0.3, -0.25) is 9.78 Å². The fourth-order valence-electron chi connectivity index (χ4n) is 4.22. The van der Waals surface area contributed by atoms with Gasteiger partial charge in [0.05, 0.1) is 18.4 Å². The van der Waals surface area contributed by atoms with Gasteiger partial charge in [0.25, 0.3) is 0 Å². The van der Waals surface area contributed by atoms with Gasteiger partial charge in [0.1, 0.15) is 11.3 Å². The Bertz CT molecular complexity index is 1360. The molecule has 1 atom stereocenters. The second-order valence-electron chi connectivity index (χ2n) is 11.3. The molecule has 0 saturated carbocycles. The van der Waals surface area contributed by atoms with Crippen molar-refractivity contribution in [2.75, 3.05) is 12.4 Å². The number of carbonyl (C=O) groups excluding carboxylic acids is 1. The van der Waals surface area contributed by atoms with Gasteiger partial charge in [-0.05, 0) is 55.2 Å². The van der Waals surface area contributed by atoms with Gasteiger partial charge in [-0.25, -0.2) is 9.47 Å². The summed E-state index contributed by atoms with van der Waals surface area (Å²) >= 11 is 0.912. The smallest absolute Gasteiger partial charge is 0.465 e. The van der Waals surface area contributed by atoms with E-state index in [2.05, 4.69) is 14.5 Å². The zero-order chi connectivity index (χ0) is 32.1. The second kappa shape index (κ2) is 13.5. The monoisotopic (exact) mass is 635 g/mol. The van der Waals surface area contributed by atoms with Crippen LogP contribution in [-0.4, -0.2) is 41.8 Å². The van der Waals surface area contributed by atoms with Gasteiger partial charge < -0.3 is 9.15 Å². The molecule has 2 heterocycles. The lowest BCUT2D eigenvalue weighted by atomic mass is 9.65. The first-order chi connectivity index (χ1) is 19.9. The van der Waals surface area contributed by atoms with Crippen LogP contribution in [0.4, 0.5) is 26.3 Å². The Morgan fingerprint density at radius 1 is 0.930 bits per heavy atom. The molecule has 1 aromatic carbocycles. The summed E-state index contributed by atoms with van der Waals surface area (Å²) in [6.07, 6.45) is -12.9.